The van der Waals surface area contributed by atoms with Crippen LogP contribution in [0.5, 0.6) is 11.5 Å². The Morgan fingerprint density at radius 2 is 2.03 bits per heavy atom. The van der Waals surface area contributed by atoms with Gasteiger partial charge in [-0.05, 0) is 30.3 Å². The second-order valence-electron chi connectivity index (χ2n) is 6.49. The van der Waals surface area contributed by atoms with Crippen LogP contribution in [0.25, 0.3) is 16.9 Å². The molecule has 0 spiro atoms. The lowest BCUT2D eigenvalue weighted by molar-refractivity contribution is -0.384. The van der Waals surface area contributed by atoms with Gasteiger partial charge < -0.3 is 14.0 Å². The SMILES string of the molecule is COc1ccc(OC)c(-c2csc(NC(=O)c3ccc(-n4ccnc4)c([N+](=O)[O-])c3)n2)c1. The van der Waals surface area contributed by atoms with E-state index in [-0.39, 0.29) is 11.3 Å². The van der Waals surface area contributed by atoms with E-state index < -0.39 is 10.8 Å². The summed E-state index contributed by atoms with van der Waals surface area (Å²) in [7, 11) is 3.12. The Morgan fingerprint density at radius 3 is 2.72 bits per heavy atom. The van der Waals surface area contributed by atoms with Crippen molar-refractivity contribution in [3.63, 3.8) is 0 Å². The van der Waals surface area contributed by atoms with Crippen LogP contribution in [0.4, 0.5) is 10.8 Å². The third-order valence-electron chi connectivity index (χ3n) is 4.62. The van der Waals surface area contributed by atoms with Crippen LogP contribution in [-0.4, -0.2) is 39.6 Å². The highest BCUT2D eigenvalue weighted by molar-refractivity contribution is 7.14. The first-order chi connectivity index (χ1) is 15.5. The number of ether oxygens (including phenoxy) is 2. The number of methoxy groups -OCH3 is 2. The van der Waals surface area contributed by atoms with E-state index in [1.54, 1.807) is 44.0 Å². The number of carbonyl (C=O) groups is 1. The van der Waals surface area contributed by atoms with E-state index in [4.69, 9.17) is 9.47 Å². The Hall–Kier alpha value is -4.25. The maximum atomic E-state index is 12.7. The van der Waals surface area contributed by atoms with E-state index in [9.17, 15) is 14.9 Å². The predicted molar refractivity (Wildman–Crippen MR) is 119 cm³/mol. The first-order valence-electron chi connectivity index (χ1n) is 9.26. The molecule has 0 saturated carbocycles. The molecule has 0 aliphatic heterocycles. The number of nitro benzene ring substituents is 1. The van der Waals surface area contributed by atoms with Gasteiger partial charge in [0.05, 0.1) is 31.2 Å². The van der Waals surface area contributed by atoms with Crippen molar-refractivity contribution in [2.24, 2.45) is 0 Å². The number of hydrogen-bond donors (Lipinski definition) is 1. The van der Waals surface area contributed by atoms with E-state index in [2.05, 4.69) is 15.3 Å². The van der Waals surface area contributed by atoms with Gasteiger partial charge in [0, 0.05) is 35.0 Å². The van der Waals surface area contributed by atoms with Gasteiger partial charge in [-0.15, -0.1) is 11.3 Å². The Balaban J connectivity index is 1.59. The monoisotopic (exact) mass is 451 g/mol. The van der Waals surface area contributed by atoms with Crippen LogP contribution in [0.2, 0.25) is 0 Å². The van der Waals surface area contributed by atoms with Gasteiger partial charge in [-0.1, -0.05) is 0 Å². The van der Waals surface area contributed by atoms with Gasteiger partial charge in [-0.3, -0.25) is 20.2 Å². The summed E-state index contributed by atoms with van der Waals surface area (Å²) in [4.78, 5) is 32.1. The third-order valence-corrected chi connectivity index (χ3v) is 5.38. The maximum Gasteiger partial charge on any atom is 0.294 e. The van der Waals surface area contributed by atoms with Crippen molar-refractivity contribution >= 4 is 28.1 Å². The van der Waals surface area contributed by atoms with Crippen molar-refractivity contribution in [3.8, 4) is 28.4 Å². The summed E-state index contributed by atoms with van der Waals surface area (Å²) in [5.74, 6) is 0.744. The molecule has 4 rings (SSSR count). The second kappa shape index (κ2) is 8.86. The van der Waals surface area contributed by atoms with Crippen LogP contribution >= 0.6 is 11.3 Å². The second-order valence-corrected chi connectivity index (χ2v) is 7.35. The van der Waals surface area contributed by atoms with Gasteiger partial charge >= 0.3 is 0 Å². The van der Waals surface area contributed by atoms with E-state index in [1.165, 1.54) is 46.6 Å². The predicted octanol–water partition coefficient (Wildman–Crippen LogP) is 4.17. The molecule has 2 heterocycles. The van der Waals surface area contributed by atoms with Gasteiger partial charge in [-0.2, -0.15) is 0 Å². The molecule has 1 amide bonds. The van der Waals surface area contributed by atoms with Gasteiger partial charge in [-0.25, -0.2) is 9.97 Å². The zero-order valence-electron chi connectivity index (χ0n) is 17.0. The number of anilines is 1. The number of rotatable bonds is 7. The molecular formula is C21H17N5O5S. The summed E-state index contributed by atoms with van der Waals surface area (Å²) < 4.78 is 12.2. The minimum Gasteiger partial charge on any atom is -0.497 e. The molecular weight excluding hydrogens is 434 g/mol. The van der Waals surface area contributed by atoms with Gasteiger partial charge in [0.1, 0.15) is 17.2 Å². The molecule has 32 heavy (non-hydrogen) atoms. The molecule has 0 bridgehead atoms. The first-order valence-corrected chi connectivity index (χ1v) is 10.1. The molecule has 0 saturated heterocycles. The van der Waals surface area contributed by atoms with Crippen LogP contribution in [0.15, 0.2) is 60.5 Å². The van der Waals surface area contributed by atoms with E-state index in [1.807, 2.05) is 0 Å². The third kappa shape index (κ3) is 4.14. The van der Waals surface area contributed by atoms with Crippen LogP contribution < -0.4 is 14.8 Å². The number of benzene rings is 2. The van der Waals surface area contributed by atoms with Crippen molar-refractivity contribution in [2.75, 3.05) is 19.5 Å². The fourth-order valence-corrected chi connectivity index (χ4v) is 3.77. The molecule has 4 aromatic rings. The molecule has 1 N–H and O–H groups in total. The molecule has 11 heteroatoms. The fourth-order valence-electron chi connectivity index (χ4n) is 3.07. The molecule has 0 aliphatic rings. The van der Waals surface area contributed by atoms with Crippen molar-refractivity contribution in [1.29, 1.82) is 0 Å². The lowest BCUT2D eigenvalue weighted by Crippen LogP contribution is -2.12. The van der Waals surface area contributed by atoms with Gasteiger partial charge in [0.25, 0.3) is 11.6 Å². The summed E-state index contributed by atoms with van der Waals surface area (Å²) >= 11 is 1.23. The summed E-state index contributed by atoms with van der Waals surface area (Å²) in [5, 5.41) is 16.3. The minimum atomic E-state index is -0.539. The van der Waals surface area contributed by atoms with Crippen molar-refractivity contribution in [1.82, 2.24) is 14.5 Å². The zero-order valence-corrected chi connectivity index (χ0v) is 17.8. The largest absolute Gasteiger partial charge is 0.497 e. The van der Waals surface area contributed by atoms with Crippen molar-refractivity contribution < 1.29 is 19.2 Å². The lowest BCUT2D eigenvalue weighted by Gasteiger charge is -2.08. The number of nitrogens with one attached hydrogen (secondary N) is 1. The Labute approximate surface area is 186 Å². The number of amides is 1. The number of hydrogen-bond acceptors (Lipinski definition) is 8. The molecule has 2 aromatic heterocycles. The summed E-state index contributed by atoms with van der Waals surface area (Å²) in [5.41, 5.74) is 1.55. The van der Waals surface area contributed by atoms with Crippen LogP contribution in [0.3, 0.4) is 0 Å². The lowest BCUT2D eigenvalue weighted by atomic mass is 10.1. The molecule has 0 aliphatic carbocycles. The fraction of sp³-hybridized carbons (Fsp3) is 0.0952. The molecule has 162 valence electrons. The molecule has 2 aromatic carbocycles. The van der Waals surface area contributed by atoms with Gasteiger partial charge in [0.15, 0.2) is 5.13 Å². The topological polar surface area (TPSA) is 121 Å². The number of nitro groups is 1. The van der Waals surface area contributed by atoms with Crippen LogP contribution in [0.1, 0.15) is 10.4 Å². The molecule has 0 atom stereocenters. The average molecular weight is 451 g/mol. The number of imidazole rings is 1. The molecule has 0 unspecified atom stereocenters. The number of carbonyl (C=O) groups excluding carboxylic acids is 1. The summed E-state index contributed by atoms with van der Waals surface area (Å²) in [6.07, 6.45) is 4.56. The Bertz CT molecular complexity index is 1290. The summed E-state index contributed by atoms with van der Waals surface area (Å²) in [6, 6.07) is 9.58. The van der Waals surface area contributed by atoms with Crippen LogP contribution in [-0.2, 0) is 0 Å². The van der Waals surface area contributed by atoms with E-state index in [0.29, 0.717) is 33.6 Å². The maximum absolute atomic E-state index is 12.7. The molecule has 0 radical (unpaired) electrons. The quantitative estimate of drug-likeness (QED) is 0.330. The number of aromatic nitrogens is 3. The Morgan fingerprint density at radius 1 is 1.19 bits per heavy atom. The normalized spacial score (nSPS) is 10.6. The molecule has 0 fully saturated rings. The van der Waals surface area contributed by atoms with Gasteiger partial charge in [0.2, 0.25) is 0 Å². The zero-order chi connectivity index (χ0) is 22.7. The van der Waals surface area contributed by atoms with E-state index >= 15 is 0 Å². The Kier molecular flexibility index (Phi) is 5.81. The molecule has 10 nitrogen and oxygen atoms in total. The highest BCUT2D eigenvalue weighted by Crippen LogP contribution is 2.35. The number of nitrogens with zero attached hydrogens (tertiary/aromatic N) is 4. The highest BCUT2D eigenvalue weighted by atomic mass is 32.1. The standard InChI is InChI=1S/C21H17N5O5S/c1-30-14-4-6-19(31-2)15(10-14)16-11-32-21(23-16)24-20(27)13-3-5-17(18(9-13)26(28)29)25-8-7-22-12-25/h3-12H,1-2H3,(H,23,24,27). The van der Waals surface area contributed by atoms with Crippen molar-refractivity contribution in [2.45, 2.75) is 0 Å². The minimum absolute atomic E-state index is 0.135. The average Bonchev–Trinajstić information content (AvgIpc) is 3.50. The smallest absolute Gasteiger partial charge is 0.294 e. The van der Waals surface area contributed by atoms with Crippen molar-refractivity contribution in [3.05, 3.63) is 76.2 Å². The first kappa shape index (κ1) is 21.0. The van der Waals surface area contributed by atoms with Crippen LogP contribution in [0, 0.1) is 10.1 Å². The van der Waals surface area contributed by atoms with E-state index in [0.717, 1.165) is 0 Å². The number of thiazole rings is 1. The summed E-state index contributed by atoms with van der Waals surface area (Å²) in [6.45, 7) is 0. The highest BCUT2D eigenvalue weighted by Gasteiger charge is 2.20.